The van der Waals surface area contributed by atoms with E-state index in [9.17, 15) is 9.59 Å². The van der Waals surface area contributed by atoms with Crippen LogP contribution in [-0.2, 0) is 13.0 Å². The molecule has 4 rings (SSSR count). The van der Waals surface area contributed by atoms with Crippen molar-refractivity contribution in [1.82, 2.24) is 9.47 Å². The number of hydrogen-bond donors (Lipinski definition) is 0. The first-order valence-corrected chi connectivity index (χ1v) is 11.9. The van der Waals surface area contributed by atoms with Crippen molar-refractivity contribution < 1.29 is 9.53 Å². The molecule has 0 unspecified atom stereocenters. The summed E-state index contributed by atoms with van der Waals surface area (Å²) in [6.07, 6.45) is 0.594. The molecule has 0 spiro atoms. The lowest BCUT2D eigenvalue weighted by Gasteiger charge is -2.36. The third-order valence-corrected chi connectivity index (χ3v) is 6.65. The lowest BCUT2D eigenvalue weighted by molar-refractivity contribution is 0.0743. The van der Waals surface area contributed by atoms with Gasteiger partial charge in [-0.3, -0.25) is 9.59 Å². The second kappa shape index (κ2) is 10.3. The Bertz CT molecular complexity index is 1230. The average molecular weight is 480 g/mol. The van der Waals surface area contributed by atoms with E-state index in [0.717, 1.165) is 28.4 Å². The van der Waals surface area contributed by atoms with Gasteiger partial charge in [0.05, 0.1) is 7.11 Å². The van der Waals surface area contributed by atoms with Gasteiger partial charge in [-0.1, -0.05) is 36.7 Å². The molecule has 1 fully saturated rings. The van der Waals surface area contributed by atoms with Crippen LogP contribution < -0.4 is 15.1 Å². The van der Waals surface area contributed by atoms with Crippen molar-refractivity contribution in [2.24, 2.45) is 0 Å². The van der Waals surface area contributed by atoms with Gasteiger partial charge in [-0.05, 0) is 49.2 Å². The first kappa shape index (κ1) is 23.9. The van der Waals surface area contributed by atoms with Crippen LogP contribution in [0.25, 0.3) is 0 Å². The highest BCUT2D eigenvalue weighted by Gasteiger charge is 2.27. The zero-order chi connectivity index (χ0) is 24.2. The highest BCUT2D eigenvalue weighted by atomic mass is 35.5. The molecule has 1 aromatic heterocycles. The van der Waals surface area contributed by atoms with Crippen molar-refractivity contribution in [3.63, 3.8) is 0 Å². The van der Waals surface area contributed by atoms with Crippen LogP contribution in [0.3, 0.4) is 0 Å². The number of methoxy groups -OCH3 is 1. The Kier molecular flexibility index (Phi) is 7.27. The number of amides is 1. The molecular weight excluding hydrogens is 450 g/mol. The summed E-state index contributed by atoms with van der Waals surface area (Å²) in [4.78, 5) is 30.6. The molecule has 0 saturated carbocycles. The number of aromatic nitrogens is 1. The standard InChI is InChI=1S/C27H30ClN3O3/c1-4-24-26(25(32)16-19(2)31(24)18-20-8-10-23(34-3)11-9-20)27(33)30-14-12-29(13-15-30)22-7-5-6-21(28)17-22/h5-11,16-17H,4,12-15,18H2,1-3H3. The number of aryl methyl sites for hydroxylation is 1. The topological polar surface area (TPSA) is 54.8 Å². The fourth-order valence-corrected chi connectivity index (χ4v) is 4.74. The predicted molar refractivity (Wildman–Crippen MR) is 136 cm³/mol. The fourth-order valence-electron chi connectivity index (χ4n) is 4.56. The van der Waals surface area contributed by atoms with Gasteiger partial charge in [0, 0.05) is 60.9 Å². The lowest BCUT2D eigenvalue weighted by atomic mass is 10.1. The number of carbonyl (C=O) groups excluding carboxylic acids is 1. The molecule has 0 aliphatic carbocycles. The largest absolute Gasteiger partial charge is 0.497 e. The quantitative estimate of drug-likeness (QED) is 0.526. The Morgan fingerprint density at radius 2 is 1.74 bits per heavy atom. The number of nitrogens with zero attached hydrogens (tertiary/aromatic N) is 3. The molecule has 1 saturated heterocycles. The molecule has 0 atom stereocenters. The van der Waals surface area contributed by atoms with Gasteiger partial charge in [0.2, 0.25) is 0 Å². The third kappa shape index (κ3) is 4.97. The SMILES string of the molecule is CCc1c(C(=O)N2CCN(c3cccc(Cl)c3)CC2)c(=O)cc(C)n1Cc1ccc(OC)cc1. The van der Waals surface area contributed by atoms with Crippen molar-refractivity contribution in [2.45, 2.75) is 26.8 Å². The highest BCUT2D eigenvalue weighted by molar-refractivity contribution is 6.30. The maximum atomic E-state index is 13.6. The van der Waals surface area contributed by atoms with Crippen molar-refractivity contribution in [2.75, 3.05) is 38.2 Å². The molecule has 2 aromatic carbocycles. The summed E-state index contributed by atoms with van der Waals surface area (Å²) in [5.41, 5.74) is 3.84. The van der Waals surface area contributed by atoms with Crippen LogP contribution in [0.4, 0.5) is 5.69 Å². The van der Waals surface area contributed by atoms with E-state index in [1.54, 1.807) is 18.1 Å². The number of pyridine rings is 1. The average Bonchev–Trinajstić information content (AvgIpc) is 2.85. The van der Waals surface area contributed by atoms with Gasteiger partial charge in [0.1, 0.15) is 11.3 Å². The molecule has 1 aliphatic heterocycles. The van der Waals surface area contributed by atoms with Gasteiger partial charge >= 0.3 is 0 Å². The van der Waals surface area contributed by atoms with Gasteiger partial charge in [-0.25, -0.2) is 0 Å². The van der Waals surface area contributed by atoms with Crippen molar-refractivity contribution in [3.8, 4) is 5.75 Å². The first-order valence-electron chi connectivity index (χ1n) is 11.6. The highest BCUT2D eigenvalue weighted by Crippen LogP contribution is 2.22. The van der Waals surface area contributed by atoms with Crippen LogP contribution in [0.2, 0.25) is 5.02 Å². The summed E-state index contributed by atoms with van der Waals surface area (Å²) >= 11 is 6.14. The normalized spacial score (nSPS) is 13.8. The molecular formula is C27H30ClN3O3. The van der Waals surface area contributed by atoms with Crippen LogP contribution in [0.5, 0.6) is 5.75 Å². The van der Waals surface area contributed by atoms with Crippen molar-refractivity contribution >= 4 is 23.2 Å². The van der Waals surface area contributed by atoms with Crippen molar-refractivity contribution in [3.05, 3.63) is 92.4 Å². The summed E-state index contributed by atoms with van der Waals surface area (Å²) in [5.74, 6) is 0.611. The van der Waals surface area contributed by atoms with E-state index in [1.165, 1.54) is 0 Å². The summed E-state index contributed by atoms with van der Waals surface area (Å²) in [5, 5.41) is 0.695. The minimum Gasteiger partial charge on any atom is -0.497 e. The fraction of sp³-hybridized carbons (Fsp3) is 0.333. The van der Waals surface area contributed by atoms with E-state index in [1.807, 2.05) is 62.4 Å². The molecule has 0 bridgehead atoms. The van der Waals surface area contributed by atoms with E-state index in [4.69, 9.17) is 16.3 Å². The predicted octanol–water partition coefficient (Wildman–Crippen LogP) is 4.39. The van der Waals surface area contributed by atoms with Crippen LogP contribution in [0.15, 0.2) is 59.4 Å². The van der Waals surface area contributed by atoms with Gasteiger partial charge < -0.3 is 19.1 Å². The zero-order valence-corrected chi connectivity index (χ0v) is 20.6. The van der Waals surface area contributed by atoms with Crippen LogP contribution in [0.1, 0.15) is 34.2 Å². The van der Waals surface area contributed by atoms with E-state index in [-0.39, 0.29) is 16.9 Å². The summed E-state index contributed by atoms with van der Waals surface area (Å²) in [7, 11) is 1.64. The second-order valence-corrected chi connectivity index (χ2v) is 8.95. The number of ether oxygens (including phenoxy) is 1. The first-order chi connectivity index (χ1) is 16.4. The number of benzene rings is 2. The Morgan fingerprint density at radius 1 is 1.03 bits per heavy atom. The Balaban J connectivity index is 1.57. The second-order valence-electron chi connectivity index (χ2n) is 8.52. The van der Waals surface area contributed by atoms with E-state index < -0.39 is 0 Å². The summed E-state index contributed by atoms with van der Waals surface area (Å²) in [6.45, 7) is 7.00. The Hall–Kier alpha value is -3.25. The number of anilines is 1. The van der Waals surface area contributed by atoms with E-state index >= 15 is 0 Å². The number of hydrogen-bond acceptors (Lipinski definition) is 4. The lowest BCUT2D eigenvalue weighted by Crippen LogP contribution is -2.50. The molecule has 178 valence electrons. The van der Waals surface area contributed by atoms with Crippen LogP contribution >= 0.6 is 11.6 Å². The molecule has 0 radical (unpaired) electrons. The number of carbonyl (C=O) groups is 1. The van der Waals surface area contributed by atoms with Gasteiger partial charge in [-0.15, -0.1) is 0 Å². The molecule has 6 nitrogen and oxygen atoms in total. The minimum absolute atomic E-state index is 0.184. The van der Waals surface area contributed by atoms with E-state index in [0.29, 0.717) is 44.2 Å². The molecule has 3 aromatic rings. The number of halogens is 1. The maximum absolute atomic E-state index is 13.6. The molecule has 7 heteroatoms. The molecule has 1 amide bonds. The summed E-state index contributed by atoms with van der Waals surface area (Å²) < 4.78 is 7.34. The smallest absolute Gasteiger partial charge is 0.259 e. The monoisotopic (exact) mass is 479 g/mol. The Morgan fingerprint density at radius 3 is 2.35 bits per heavy atom. The van der Waals surface area contributed by atoms with Crippen molar-refractivity contribution in [1.29, 1.82) is 0 Å². The third-order valence-electron chi connectivity index (χ3n) is 6.42. The zero-order valence-electron chi connectivity index (χ0n) is 19.9. The minimum atomic E-state index is -0.206. The van der Waals surface area contributed by atoms with Gasteiger partial charge in [0.25, 0.3) is 5.91 Å². The summed E-state index contributed by atoms with van der Waals surface area (Å²) in [6, 6.07) is 17.2. The van der Waals surface area contributed by atoms with E-state index in [2.05, 4.69) is 9.47 Å². The number of piperazine rings is 1. The maximum Gasteiger partial charge on any atom is 0.259 e. The van der Waals surface area contributed by atoms with Crippen LogP contribution in [0, 0.1) is 6.92 Å². The molecule has 0 N–H and O–H groups in total. The molecule has 1 aliphatic rings. The van der Waals surface area contributed by atoms with Gasteiger partial charge in [0.15, 0.2) is 5.43 Å². The van der Waals surface area contributed by atoms with Gasteiger partial charge in [-0.2, -0.15) is 0 Å². The van der Waals surface area contributed by atoms with Crippen LogP contribution in [-0.4, -0.2) is 48.7 Å². The molecule has 2 heterocycles. The Labute approximate surface area is 205 Å². The number of rotatable bonds is 6. The molecule has 34 heavy (non-hydrogen) atoms.